The normalized spacial score (nSPS) is 36.7. The lowest BCUT2D eigenvalue weighted by atomic mass is 9.84. The molecule has 1 amide bonds. The molecule has 0 aromatic rings. The van der Waals surface area contributed by atoms with Crippen LogP contribution in [-0.4, -0.2) is 34.6 Å². The summed E-state index contributed by atoms with van der Waals surface area (Å²) in [5.41, 5.74) is -0.591. The predicted octanol–water partition coefficient (Wildman–Crippen LogP) is 0.626. The first-order valence-electron chi connectivity index (χ1n) is 4.41. The van der Waals surface area contributed by atoms with Crippen molar-refractivity contribution in [3.05, 3.63) is 0 Å². The van der Waals surface area contributed by atoms with Crippen LogP contribution in [0.5, 0.6) is 0 Å². The molecule has 3 nitrogen and oxygen atoms in total. The van der Waals surface area contributed by atoms with E-state index in [1.807, 2.05) is 13.8 Å². The Morgan fingerprint density at radius 1 is 1.67 bits per heavy atom. The summed E-state index contributed by atoms with van der Waals surface area (Å²) in [5.74, 6) is 0.285. The number of hydrogen-bond acceptors (Lipinski definition) is 2. The van der Waals surface area contributed by atoms with Gasteiger partial charge in [0.05, 0.1) is 5.60 Å². The molecule has 1 heterocycles. The van der Waals surface area contributed by atoms with E-state index < -0.39 is 5.60 Å². The molecule has 1 aliphatic rings. The van der Waals surface area contributed by atoms with Crippen LogP contribution in [0.15, 0.2) is 0 Å². The fourth-order valence-corrected chi connectivity index (χ4v) is 1.51. The first-order chi connectivity index (χ1) is 5.43. The summed E-state index contributed by atoms with van der Waals surface area (Å²) in [7, 11) is 0. The highest BCUT2D eigenvalue weighted by Gasteiger charge is 2.34. The van der Waals surface area contributed by atoms with Crippen molar-refractivity contribution in [1.82, 2.24) is 4.90 Å². The van der Waals surface area contributed by atoms with E-state index in [1.165, 1.54) is 0 Å². The molecule has 0 radical (unpaired) electrons. The number of nitrogens with zero attached hydrogens (tertiary/aromatic N) is 1. The Bertz CT molecular complexity index is 189. The zero-order valence-electron chi connectivity index (χ0n) is 8.00. The zero-order chi connectivity index (χ0) is 9.35. The average Bonchev–Trinajstić information content (AvgIpc) is 1.94. The minimum Gasteiger partial charge on any atom is -0.390 e. The van der Waals surface area contributed by atoms with Gasteiger partial charge in [0.1, 0.15) is 0 Å². The Morgan fingerprint density at radius 3 is 2.67 bits per heavy atom. The third-order valence-corrected chi connectivity index (χ3v) is 2.89. The van der Waals surface area contributed by atoms with E-state index in [4.69, 9.17) is 0 Å². The van der Waals surface area contributed by atoms with Crippen LogP contribution in [0, 0.1) is 5.92 Å². The second kappa shape index (κ2) is 3.05. The van der Waals surface area contributed by atoms with Gasteiger partial charge in [0.15, 0.2) is 0 Å². The molecule has 0 saturated carbocycles. The van der Waals surface area contributed by atoms with Crippen molar-refractivity contribution in [2.75, 3.05) is 13.1 Å². The molecule has 1 N–H and O–H groups in total. The van der Waals surface area contributed by atoms with E-state index in [1.54, 1.807) is 11.8 Å². The van der Waals surface area contributed by atoms with E-state index >= 15 is 0 Å². The molecule has 0 aliphatic carbocycles. The SMILES string of the molecule is CC(=O)N1CC[C@@](C)(O)[C@H](C)C1. The van der Waals surface area contributed by atoms with E-state index in [0.717, 1.165) is 0 Å². The smallest absolute Gasteiger partial charge is 0.219 e. The topological polar surface area (TPSA) is 40.5 Å². The van der Waals surface area contributed by atoms with Gasteiger partial charge < -0.3 is 10.0 Å². The first-order valence-corrected chi connectivity index (χ1v) is 4.41. The van der Waals surface area contributed by atoms with Crippen LogP contribution in [0.4, 0.5) is 0 Å². The number of aliphatic hydroxyl groups is 1. The van der Waals surface area contributed by atoms with Crippen LogP contribution in [0.25, 0.3) is 0 Å². The summed E-state index contributed by atoms with van der Waals surface area (Å²) in [4.78, 5) is 12.8. The van der Waals surface area contributed by atoms with Gasteiger partial charge in [0.25, 0.3) is 0 Å². The molecule has 2 atom stereocenters. The third-order valence-electron chi connectivity index (χ3n) is 2.89. The summed E-state index contributed by atoms with van der Waals surface area (Å²) < 4.78 is 0. The molecular formula is C9H17NO2. The Balaban J connectivity index is 2.58. The van der Waals surface area contributed by atoms with Gasteiger partial charge >= 0.3 is 0 Å². The van der Waals surface area contributed by atoms with Crippen molar-refractivity contribution in [1.29, 1.82) is 0 Å². The third kappa shape index (κ3) is 1.78. The van der Waals surface area contributed by atoms with Gasteiger partial charge in [-0.1, -0.05) is 6.92 Å². The molecule has 1 saturated heterocycles. The lowest BCUT2D eigenvalue weighted by Crippen LogP contribution is -2.50. The molecule has 1 aliphatic heterocycles. The van der Waals surface area contributed by atoms with Crippen LogP contribution in [0.3, 0.4) is 0 Å². The Hall–Kier alpha value is -0.570. The number of hydrogen-bond donors (Lipinski definition) is 1. The zero-order valence-corrected chi connectivity index (χ0v) is 8.00. The maximum Gasteiger partial charge on any atom is 0.219 e. The fourth-order valence-electron chi connectivity index (χ4n) is 1.51. The summed E-state index contributed by atoms with van der Waals surface area (Å²) in [6.45, 7) is 6.77. The second-order valence-electron chi connectivity index (χ2n) is 3.97. The Morgan fingerprint density at radius 2 is 2.25 bits per heavy atom. The molecular weight excluding hydrogens is 154 g/mol. The van der Waals surface area contributed by atoms with Crippen LogP contribution < -0.4 is 0 Å². The molecule has 70 valence electrons. The molecule has 1 fully saturated rings. The molecule has 0 unspecified atom stereocenters. The van der Waals surface area contributed by atoms with Crippen molar-refractivity contribution in [3.8, 4) is 0 Å². The maximum absolute atomic E-state index is 11.0. The number of amides is 1. The minimum atomic E-state index is -0.591. The van der Waals surface area contributed by atoms with Gasteiger partial charge in [-0.25, -0.2) is 0 Å². The molecule has 0 spiro atoms. The number of rotatable bonds is 0. The number of piperidine rings is 1. The quantitative estimate of drug-likeness (QED) is 0.580. The monoisotopic (exact) mass is 171 g/mol. The summed E-state index contributed by atoms with van der Waals surface area (Å²) >= 11 is 0. The van der Waals surface area contributed by atoms with Gasteiger partial charge in [-0.05, 0) is 13.3 Å². The number of likely N-dealkylation sites (tertiary alicyclic amines) is 1. The highest BCUT2D eigenvalue weighted by Crippen LogP contribution is 2.26. The minimum absolute atomic E-state index is 0.109. The highest BCUT2D eigenvalue weighted by atomic mass is 16.3. The first kappa shape index (κ1) is 9.52. The van der Waals surface area contributed by atoms with Crippen molar-refractivity contribution < 1.29 is 9.90 Å². The van der Waals surface area contributed by atoms with Gasteiger partial charge in [0.2, 0.25) is 5.91 Å². The summed E-state index contributed by atoms with van der Waals surface area (Å²) in [5, 5.41) is 9.80. The highest BCUT2D eigenvalue weighted by molar-refractivity contribution is 5.73. The maximum atomic E-state index is 11.0. The molecule has 0 bridgehead atoms. The second-order valence-corrected chi connectivity index (χ2v) is 3.97. The summed E-state index contributed by atoms with van der Waals surface area (Å²) in [6, 6.07) is 0. The van der Waals surface area contributed by atoms with Crippen molar-refractivity contribution >= 4 is 5.91 Å². The molecule has 3 heteroatoms. The lowest BCUT2D eigenvalue weighted by Gasteiger charge is -2.40. The van der Waals surface area contributed by atoms with Gasteiger partial charge in [-0.2, -0.15) is 0 Å². The van der Waals surface area contributed by atoms with E-state index in [0.29, 0.717) is 19.5 Å². The van der Waals surface area contributed by atoms with E-state index in [9.17, 15) is 9.90 Å². The predicted molar refractivity (Wildman–Crippen MR) is 46.7 cm³/mol. The van der Waals surface area contributed by atoms with Crippen molar-refractivity contribution in [3.63, 3.8) is 0 Å². The Kier molecular flexibility index (Phi) is 2.42. The van der Waals surface area contributed by atoms with Crippen LogP contribution in [0.1, 0.15) is 27.2 Å². The van der Waals surface area contributed by atoms with E-state index in [2.05, 4.69) is 0 Å². The Labute approximate surface area is 73.4 Å². The number of carbonyl (C=O) groups excluding carboxylic acids is 1. The van der Waals surface area contributed by atoms with Crippen molar-refractivity contribution in [2.24, 2.45) is 5.92 Å². The van der Waals surface area contributed by atoms with Crippen molar-refractivity contribution in [2.45, 2.75) is 32.8 Å². The fraction of sp³-hybridized carbons (Fsp3) is 0.889. The van der Waals surface area contributed by atoms with Crippen LogP contribution >= 0.6 is 0 Å². The average molecular weight is 171 g/mol. The lowest BCUT2D eigenvalue weighted by molar-refractivity contribution is -0.135. The van der Waals surface area contributed by atoms with E-state index in [-0.39, 0.29) is 11.8 Å². The van der Waals surface area contributed by atoms with Gasteiger partial charge in [-0.15, -0.1) is 0 Å². The summed E-state index contributed by atoms with van der Waals surface area (Å²) in [6.07, 6.45) is 0.688. The van der Waals surface area contributed by atoms with Gasteiger partial charge in [0, 0.05) is 25.9 Å². The van der Waals surface area contributed by atoms with Crippen LogP contribution in [-0.2, 0) is 4.79 Å². The molecule has 0 aromatic carbocycles. The largest absolute Gasteiger partial charge is 0.390 e. The number of carbonyl (C=O) groups is 1. The molecule has 12 heavy (non-hydrogen) atoms. The molecule has 0 aromatic heterocycles. The molecule has 1 rings (SSSR count). The van der Waals surface area contributed by atoms with Gasteiger partial charge in [-0.3, -0.25) is 4.79 Å². The standard InChI is InChI=1S/C9H17NO2/c1-7-6-10(8(2)11)5-4-9(7,3)12/h7,12H,4-6H2,1-3H3/t7-,9-/m1/s1. The van der Waals surface area contributed by atoms with Crippen LogP contribution in [0.2, 0.25) is 0 Å².